The lowest BCUT2D eigenvalue weighted by molar-refractivity contribution is -0.142. The molecule has 5 nitrogen and oxygen atoms in total. The molecular weight excluding hydrogens is 337 g/mol. The number of amides is 1. The van der Waals surface area contributed by atoms with Crippen LogP contribution in [-0.4, -0.2) is 25.0 Å². The second kappa shape index (κ2) is 7.39. The van der Waals surface area contributed by atoms with E-state index in [9.17, 15) is 14.0 Å². The topological polar surface area (TPSA) is 68.5 Å². The number of hydrogen-bond acceptors (Lipinski definition) is 4. The van der Waals surface area contributed by atoms with Gasteiger partial charge >= 0.3 is 5.97 Å². The summed E-state index contributed by atoms with van der Waals surface area (Å²) in [6.45, 7) is 1.67. The Balaban J connectivity index is 1.87. The molecule has 0 radical (unpaired) electrons. The number of rotatable bonds is 5. The first-order valence-corrected chi connectivity index (χ1v) is 8.11. The van der Waals surface area contributed by atoms with E-state index < -0.39 is 23.7 Å². The number of carbonyl (C=O) groups excluding carboxylic acids is 2. The molecule has 26 heavy (non-hydrogen) atoms. The van der Waals surface area contributed by atoms with Crippen molar-refractivity contribution in [1.82, 2.24) is 5.32 Å². The molecular formula is C20H18FNO4. The molecule has 0 aliphatic rings. The summed E-state index contributed by atoms with van der Waals surface area (Å²) in [6, 6.07) is 12.9. The Bertz CT molecular complexity index is 949. The fraction of sp³-hybridized carbons (Fsp3) is 0.200. The fourth-order valence-electron chi connectivity index (χ4n) is 2.83. The Morgan fingerprint density at radius 1 is 1.15 bits per heavy atom. The number of para-hydroxylation sites is 1. The lowest BCUT2D eigenvalue weighted by atomic mass is 10.1. The first-order valence-electron chi connectivity index (χ1n) is 8.11. The minimum Gasteiger partial charge on any atom is -0.467 e. The van der Waals surface area contributed by atoms with Crippen LogP contribution in [0.1, 0.15) is 21.7 Å². The molecule has 0 aliphatic carbocycles. The molecule has 0 fully saturated rings. The summed E-state index contributed by atoms with van der Waals surface area (Å²) in [4.78, 5) is 24.7. The van der Waals surface area contributed by atoms with Crippen LogP contribution in [-0.2, 0) is 16.0 Å². The van der Waals surface area contributed by atoms with E-state index in [-0.39, 0.29) is 17.8 Å². The van der Waals surface area contributed by atoms with Crippen LogP contribution >= 0.6 is 0 Å². The summed E-state index contributed by atoms with van der Waals surface area (Å²) in [6.07, 6.45) is 0.271. The van der Waals surface area contributed by atoms with Crippen LogP contribution in [0.2, 0.25) is 0 Å². The number of methoxy groups -OCH3 is 1. The van der Waals surface area contributed by atoms with Crippen LogP contribution in [0.25, 0.3) is 11.0 Å². The second-order valence-electron chi connectivity index (χ2n) is 5.91. The van der Waals surface area contributed by atoms with Gasteiger partial charge in [-0.3, -0.25) is 4.79 Å². The zero-order valence-corrected chi connectivity index (χ0v) is 14.4. The molecule has 6 heteroatoms. The van der Waals surface area contributed by atoms with Gasteiger partial charge in [-0.05, 0) is 18.6 Å². The van der Waals surface area contributed by atoms with E-state index in [0.717, 1.165) is 5.56 Å². The number of furan rings is 1. The number of ether oxygens (including phenoxy) is 1. The van der Waals surface area contributed by atoms with Gasteiger partial charge in [0, 0.05) is 17.4 Å². The van der Waals surface area contributed by atoms with E-state index >= 15 is 0 Å². The molecule has 3 aromatic rings. The van der Waals surface area contributed by atoms with Gasteiger partial charge in [0.1, 0.15) is 6.04 Å². The molecule has 2 aromatic carbocycles. The number of halogens is 1. The maximum absolute atomic E-state index is 13.9. The third-order valence-electron chi connectivity index (χ3n) is 4.20. The highest BCUT2D eigenvalue weighted by Gasteiger charge is 2.26. The standard InChI is InChI=1S/C20H18FNO4/c1-12-14-9-6-10-15(21)18(14)26-17(12)19(23)22-16(20(24)25-2)11-13-7-4-3-5-8-13/h3-10,16H,11H2,1-2H3,(H,22,23). The first kappa shape index (κ1) is 17.7. The van der Waals surface area contributed by atoms with Gasteiger partial charge in [-0.15, -0.1) is 0 Å². The maximum Gasteiger partial charge on any atom is 0.328 e. The Morgan fingerprint density at radius 2 is 1.88 bits per heavy atom. The van der Waals surface area contributed by atoms with E-state index in [1.54, 1.807) is 19.1 Å². The van der Waals surface area contributed by atoms with Crippen molar-refractivity contribution in [2.45, 2.75) is 19.4 Å². The predicted octanol–water partition coefficient (Wildman–Crippen LogP) is 3.39. The van der Waals surface area contributed by atoms with Crippen molar-refractivity contribution in [3.05, 3.63) is 71.2 Å². The number of hydrogen-bond donors (Lipinski definition) is 1. The van der Waals surface area contributed by atoms with Crippen LogP contribution in [0.15, 0.2) is 52.9 Å². The molecule has 1 N–H and O–H groups in total. The van der Waals surface area contributed by atoms with Crippen LogP contribution in [0.4, 0.5) is 4.39 Å². The van der Waals surface area contributed by atoms with E-state index in [4.69, 9.17) is 9.15 Å². The lowest BCUT2D eigenvalue weighted by Crippen LogP contribution is -2.43. The van der Waals surface area contributed by atoms with Crippen molar-refractivity contribution in [1.29, 1.82) is 0 Å². The van der Waals surface area contributed by atoms with Gasteiger partial charge in [-0.1, -0.05) is 42.5 Å². The highest BCUT2D eigenvalue weighted by molar-refractivity contribution is 6.00. The number of aryl methyl sites for hydroxylation is 1. The predicted molar refractivity (Wildman–Crippen MR) is 94.3 cm³/mol. The minimum atomic E-state index is -0.882. The molecule has 1 heterocycles. The van der Waals surface area contributed by atoms with Gasteiger partial charge < -0.3 is 14.5 Å². The van der Waals surface area contributed by atoms with Crippen molar-refractivity contribution in [2.75, 3.05) is 7.11 Å². The van der Waals surface area contributed by atoms with Crippen molar-refractivity contribution in [2.24, 2.45) is 0 Å². The van der Waals surface area contributed by atoms with Crippen LogP contribution in [0, 0.1) is 12.7 Å². The summed E-state index contributed by atoms with van der Waals surface area (Å²) in [7, 11) is 1.26. The SMILES string of the molecule is COC(=O)C(Cc1ccccc1)NC(=O)c1oc2c(F)cccc2c1C. The lowest BCUT2D eigenvalue weighted by Gasteiger charge is -2.16. The van der Waals surface area contributed by atoms with Crippen molar-refractivity contribution in [3.8, 4) is 0 Å². The Hall–Kier alpha value is -3.15. The van der Waals surface area contributed by atoms with Gasteiger partial charge in [-0.25, -0.2) is 9.18 Å². The molecule has 3 rings (SSSR count). The largest absolute Gasteiger partial charge is 0.467 e. The monoisotopic (exact) mass is 355 g/mol. The van der Waals surface area contributed by atoms with Gasteiger partial charge in [0.25, 0.3) is 5.91 Å². The second-order valence-corrected chi connectivity index (χ2v) is 5.91. The summed E-state index contributed by atoms with van der Waals surface area (Å²) >= 11 is 0. The van der Waals surface area contributed by atoms with Gasteiger partial charge in [0.05, 0.1) is 7.11 Å². The van der Waals surface area contributed by atoms with Gasteiger partial charge in [0.2, 0.25) is 0 Å². The number of benzene rings is 2. The Labute approximate surface area is 149 Å². The number of carbonyl (C=O) groups is 2. The molecule has 1 atom stereocenters. The maximum atomic E-state index is 13.9. The number of fused-ring (bicyclic) bond motifs is 1. The van der Waals surface area contributed by atoms with E-state index in [1.807, 2.05) is 30.3 Å². The third kappa shape index (κ3) is 3.44. The molecule has 0 saturated heterocycles. The molecule has 134 valence electrons. The van der Waals surface area contributed by atoms with Crippen molar-refractivity contribution >= 4 is 22.8 Å². The van der Waals surface area contributed by atoms with Gasteiger partial charge in [-0.2, -0.15) is 0 Å². The third-order valence-corrected chi connectivity index (χ3v) is 4.20. The van der Waals surface area contributed by atoms with Crippen molar-refractivity contribution < 1.29 is 23.1 Å². The summed E-state index contributed by atoms with van der Waals surface area (Å²) in [5, 5.41) is 3.15. The highest BCUT2D eigenvalue weighted by atomic mass is 19.1. The van der Waals surface area contributed by atoms with Gasteiger partial charge in [0.15, 0.2) is 17.2 Å². The molecule has 1 unspecified atom stereocenters. The smallest absolute Gasteiger partial charge is 0.328 e. The van der Waals surface area contributed by atoms with E-state index in [2.05, 4.69) is 5.32 Å². The quantitative estimate of drug-likeness (QED) is 0.712. The van der Waals surface area contributed by atoms with Crippen molar-refractivity contribution in [3.63, 3.8) is 0 Å². The molecule has 0 bridgehead atoms. The molecule has 1 amide bonds. The highest BCUT2D eigenvalue weighted by Crippen LogP contribution is 2.27. The van der Waals surface area contributed by atoms with Crippen LogP contribution in [0.3, 0.4) is 0 Å². The number of esters is 1. The van der Waals surface area contributed by atoms with E-state index in [1.165, 1.54) is 13.2 Å². The molecule has 0 saturated carbocycles. The molecule has 0 aliphatic heterocycles. The zero-order chi connectivity index (χ0) is 18.7. The van der Waals surface area contributed by atoms with Crippen LogP contribution < -0.4 is 5.32 Å². The molecule has 1 aromatic heterocycles. The normalized spacial score (nSPS) is 12.0. The summed E-state index contributed by atoms with van der Waals surface area (Å²) in [5.74, 6) is -1.72. The summed E-state index contributed by atoms with van der Waals surface area (Å²) in [5.41, 5.74) is 1.41. The van der Waals surface area contributed by atoms with Crippen LogP contribution in [0.5, 0.6) is 0 Å². The fourth-order valence-corrected chi connectivity index (χ4v) is 2.83. The Kier molecular flexibility index (Phi) is 5.02. The average Bonchev–Trinajstić information content (AvgIpc) is 3.00. The number of nitrogens with one attached hydrogen (secondary N) is 1. The average molecular weight is 355 g/mol. The Morgan fingerprint density at radius 3 is 2.54 bits per heavy atom. The first-order chi connectivity index (χ1) is 12.5. The summed E-state index contributed by atoms with van der Waals surface area (Å²) < 4.78 is 24.1. The molecule has 0 spiro atoms. The zero-order valence-electron chi connectivity index (χ0n) is 14.4. The minimum absolute atomic E-state index is 0.0211. The van der Waals surface area contributed by atoms with E-state index in [0.29, 0.717) is 10.9 Å².